The number of fused-ring (bicyclic) bond motifs is 1. The van der Waals surface area contributed by atoms with Crippen LogP contribution in [-0.2, 0) is 6.42 Å². The van der Waals surface area contributed by atoms with Crippen LogP contribution >= 0.6 is 27.3 Å². The van der Waals surface area contributed by atoms with Gasteiger partial charge in [0, 0.05) is 4.88 Å². The molecule has 1 aromatic heterocycles. The molecule has 102 valence electrons. The van der Waals surface area contributed by atoms with Crippen LogP contribution in [0.25, 0.3) is 10.8 Å². The fourth-order valence-electron chi connectivity index (χ4n) is 2.73. The summed E-state index contributed by atoms with van der Waals surface area (Å²) in [4.78, 5) is 1.72. The summed E-state index contributed by atoms with van der Waals surface area (Å²) in [5, 5.41) is 4.86. The van der Waals surface area contributed by atoms with Crippen molar-refractivity contribution in [3.8, 4) is 0 Å². The van der Waals surface area contributed by atoms with Crippen LogP contribution in [0.1, 0.15) is 33.3 Å². The minimum atomic E-state index is 0.281. The fourth-order valence-corrected chi connectivity index (χ4v) is 4.94. The van der Waals surface area contributed by atoms with Gasteiger partial charge in [-0.2, -0.15) is 0 Å². The Bertz CT molecular complexity index is 742. The standard InChI is InChI=1S/C18H17BrS/c1-3-13-10-11-20-18(13)17(19)16-12(2)8-9-14-6-4-5-7-15(14)16/h4-11,17H,3H2,1-2H3. The van der Waals surface area contributed by atoms with E-state index in [-0.39, 0.29) is 4.83 Å². The number of thiophene rings is 1. The van der Waals surface area contributed by atoms with Crippen LogP contribution in [0, 0.1) is 6.92 Å². The van der Waals surface area contributed by atoms with Crippen LogP contribution in [-0.4, -0.2) is 0 Å². The Morgan fingerprint density at radius 2 is 1.90 bits per heavy atom. The average molecular weight is 345 g/mol. The monoisotopic (exact) mass is 344 g/mol. The molecule has 1 heterocycles. The van der Waals surface area contributed by atoms with Crippen molar-refractivity contribution in [2.45, 2.75) is 25.1 Å². The lowest BCUT2D eigenvalue weighted by Crippen LogP contribution is -1.98. The Labute approximate surface area is 132 Å². The lowest BCUT2D eigenvalue weighted by Gasteiger charge is -2.16. The highest BCUT2D eigenvalue weighted by Crippen LogP contribution is 2.41. The van der Waals surface area contributed by atoms with Crippen molar-refractivity contribution in [2.75, 3.05) is 0 Å². The molecule has 0 saturated heterocycles. The second-order valence-corrected chi connectivity index (χ2v) is 6.91. The van der Waals surface area contributed by atoms with E-state index < -0.39 is 0 Å². The second kappa shape index (κ2) is 5.71. The molecule has 0 bridgehead atoms. The van der Waals surface area contributed by atoms with E-state index in [2.05, 4.69) is 77.6 Å². The largest absolute Gasteiger partial charge is 0.147 e. The van der Waals surface area contributed by atoms with Gasteiger partial charge in [0.05, 0.1) is 4.83 Å². The van der Waals surface area contributed by atoms with Crippen molar-refractivity contribution in [1.29, 1.82) is 0 Å². The third-order valence-electron chi connectivity index (χ3n) is 3.83. The number of hydrogen-bond donors (Lipinski definition) is 0. The first-order valence-electron chi connectivity index (χ1n) is 6.91. The molecule has 0 saturated carbocycles. The topological polar surface area (TPSA) is 0 Å². The van der Waals surface area contributed by atoms with Gasteiger partial charge in [0.1, 0.15) is 0 Å². The summed E-state index contributed by atoms with van der Waals surface area (Å²) in [5.41, 5.74) is 4.20. The van der Waals surface area contributed by atoms with Crippen molar-refractivity contribution in [2.24, 2.45) is 0 Å². The Morgan fingerprint density at radius 3 is 2.70 bits per heavy atom. The summed E-state index contributed by atoms with van der Waals surface area (Å²) < 4.78 is 0. The van der Waals surface area contributed by atoms with E-state index in [4.69, 9.17) is 0 Å². The van der Waals surface area contributed by atoms with Gasteiger partial charge < -0.3 is 0 Å². The van der Waals surface area contributed by atoms with Gasteiger partial charge in [0.25, 0.3) is 0 Å². The summed E-state index contributed by atoms with van der Waals surface area (Å²) in [6, 6.07) is 15.3. The SMILES string of the molecule is CCc1ccsc1C(Br)c1c(C)ccc2ccccc12. The maximum absolute atomic E-state index is 3.95. The summed E-state index contributed by atoms with van der Waals surface area (Å²) >= 11 is 5.79. The first kappa shape index (κ1) is 13.8. The number of alkyl halides is 1. The minimum Gasteiger partial charge on any atom is -0.147 e. The van der Waals surface area contributed by atoms with Crippen LogP contribution in [0.2, 0.25) is 0 Å². The third-order valence-corrected chi connectivity index (χ3v) is 6.08. The van der Waals surface area contributed by atoms with Gasteiger partial charge in [-0.3, -0.25) is 0 Å². The van der Waals surface area contributed by atoms with Gasteiger partial charge in [-0.05, 0) is 52.3 Å². The molecule has 0 amide bonds. The summed E-state index contributed by atoms with van der Waals surface area (Å²) in [5.74, 6) is 0. The van der Waals surface area contributed by atoms with Gasteiger partial charge in [-0.25, -0.2) is 0 Å². The smallest absolute Gasteiger partial charge is 0.0749 e. The molecule has 1 unspecified atom stereocenters. The Balaban J connectivity index is 2.21. The van der Waals surface area contributed by atoms with E-state index >= 15 is 0 Å². The normalized spacial score (nSPS) is 12.8. The van der Waals surface area contributed by atoms with Gasteiger partial charge in [0.2, 0.25) is 0 Å². The summed E-state index contributed by atoms with van der Waals surface area (Å²) in [6.07, 6.45) is 1.09. The molecule has 0 nitrogen and oxygen atoms in total. The predicted molar refractivity (Wildman–Crippen MR) is 93.2 cm³/mol. The minimum absolute atomic E-state index is 0.281. The van der Waals surface area contributed by atoms with E-state index in [0.29, 0.717) is 0 Å². The number of benzene rings is 2. The fraction of sp³-hybridized carbons (Fsp3) is 0.222. The Kier molecular flexibility index (Phi) is 3.95. The van der Waals surface area contributed by atoms with Crippen LogP contribution in [0.4, 0.5) is 0 Å². The van der Waals surface area contributed by atoms with Crippen LogP contribution in [0.5, 0.6) is 0 Å². The molecule has 0 aliphatic rings. The first-order valence-corrected chi connectivity index (χ1v) is 8.70. The van der Waals surface area contributed by atoms with E-state index in [1.165, 1.54) is 32.3 Å². The molecule has 0 radical (unpaired) electrons. The van der Waals surface area contributed by atoms with Crippen molar-refractivity contribution >= 4 is 38.0 Å². The number of aryl methyl sites for hydroxylation is 2. The maximum atomic E-state index is 3.95. The number of rotatable bonds is 3. The van der Waals surface area contributed by atoms with Crippen molar-refractivity contribution in [3.63, 3.8) is 0 Å². The zero-order chi connectivity index (χ0) is 14.1. The number of halogens is 1. The van der Waals surface area contributed by atoms with Crippen molar-refractivity contribution in [3.05, 3.63) is 69.4 Å². The average Bonchev–Trinajstić information content (AvgIpc) is 2.95. The molecule has 0 fully saturated rings. The lowest BCUT2D eigenvalue weighted by molar-refractivity contribution is 1.09. The van der Waals surface area contributed by atoms with Gasteiger partial charge in [-0.1, -0.05) is 59.3 Å². The molecule has 0 N–H and O–H groups in total. The molecule has 0 aliphatic heterocycles. The number of hydrogen-bond acceptors (Lipinski definition) is 1. The molecule has 3 aromatic rings. The molecule has 0 spiro atoms. The van der Waals surface area contributed by atoms with E-state index in [0.717, 1.165) is 6.42 Å². The lowest BCUT2D eigenvalue weighted by atomic mass is 9.95. The molecule has 3 rings (SSSR count). The highest BCUT2D eigenvalue weighted by atomic mass is 79.9. The van der Waals surface area contributed by atoms with Crippen LogP contribution in [0.3, 0.4) is 0 Å². The molecular weight excluding hydrogens is 328 g/mol. The maximum Gasteiger partial charge on any atom is 0.0749 e. The van der Waals surface area contributed by atoms with E-state index in [9.17, 15) is 0 Å². The van der Waals surface area contributed by atoms with Crippen molar-refractivity contribution in [1.82, 2.24) is 0 Å². The van der Waals surface area contributed by atoms with Gasteiger partial charge >= 0.3 is 0 Å². The summed E-state index contributed by atoms with van der Waals surface area (Å²) in [7, 11) is 0. The molecule has 20 heavy (non-hydrogen) atoms. The van der Waals surface area contributed by atoms with E-state index in [1.807, 2.05) is 11.3 Å². The molecule has 1 atom stereocenters. The molecule has 2 heteroatoms. The highest BCUT2D eigenvalue weighted by molar-refractivity contribution is 9.09. The second-order valence-electron chi connectivity index (χ2n) is 5.04. The zero-order valence-corrected chi connectivity index (χ0v) is 14.1. The third kappa shape index (κ3) is 2.32. The molecular formula is C18H17BrS. The first-order chi connectivity index (χ1) is 9.72. The molecule has 0 aliphatic carbocycles. The van der Waals surface area contributed by atoms with Crippen LogP contribution < -0.4 is 0 Å². The molecule has 2 aromatic carbocycles. The predicted octanol–water partition coefficient (Wildman–Crippen LogP) is 6.26. The van der Waals surface area contributed by atoms with E-state index in [1.54, 1.807) is 0 Å². The Hall–Kier alpha value is -1.12. The van der Waals surface area contributed by atoms with Gasteiger partial charge in [-0.15, -0.1) is 11.3 Å². The van der Waals surface area contributed by atoms with Crippen LogP contribution in [0.15, 0.2) is 47.8 Å². The zero-order valence-electron chi connectivity index (χ0n) is 11.7. The Morgan fingerprint density at radius 1 is 1.10 bits per heavy atom. The van der Waals surface area contributed by atoms with Gasteiger partial charge in [0.15, 0.2) is 0 Å². The highest BCUT2D eigenvalue weighted by Gasteiger charge is 2.19. The summed E-state index contributed by atoms with van der Waals surface area (Å²) in [6.45, 7) is 4.43. The van der Waals surface area contributed by atoms with Crippen molar-refractivity contribution < 1.29 is 0 Å². The quantitative estimate of drug-likeness (QED) is 0.492.